The number of hydrogen-bond acceptors (Lipinski definition) is 3. The average molecular weight is 198 g/mol. The van der Waals surface area contributed by atoms with E-state index in [0.717, 1.165) is 12.5 Å². The van der Waals surface area contributed by atoms with Crippen molar-refractivity contribution >= 4 is 0 Å². The molecule has 1 aliphatic heterocycles. The van der Waals surface area contributed by atoms with Gasteiger partial charge in [-0.15, -0.1) is 0 Å². The van der Waals surface area contributed by atoms with Crippen molar-refractivity contribution in [3.8, 4) is 0 Å². The molecule has 3 unspecified atom stereocenters. The highest BCUT2D eigenvalue weighted by atomic mass is 16.5. The Morgan fingerprint density at radius 2 is 2.21 bits per heavy atom. The predicted molar refractivity (Wildman–Crippen MR) is 56.6 cm³/mol. The maximum atomic E-state index is 5.64. The van der Waals surface area contributed by atoms with Gasteiger partial charge in [-0.1, -0.05) is 19.3 Å². The summed E-state index contributed by atoms with van der Waals surface area (Å²) in [4.78, 5) is 0. The Hall–Kier alpha value is -0.120. The highest BCUT2D eigenvalue weighted by Crippen LogP contribution is 2.34. The van der Waals surface area contributed by atoms with Crippen LogP contribution in [-0.4, -0.2) is 18.8 Å². The third kappa shape index (κ3) is 2.10. The minimum absolute atomic E-state index is 0.385. The standard InChI is InChI=1S/C11H22N2O/c1-8-10(5-6-14-8)11(13-12)7-9-3-2-4-9/h8-11,13H,2-7,12H2,1H3. The largest absolute Gasteiger partial charge is 0.378 e. The maximum absolute atomic E-state index is 5.64. The molecule has 3 atom stereocenters. The summed E-state index contributed by atoms with van der Waals surface area (Å²) in [5, 5.41) is 0. The Morgan fingerprint density at radius 1 is 1.43 bits per heavy atom. The average Bonchev–Trinajstić information content (AvgIpc) is 2.51. The summed E-state index contributed by atoms with van der Waals surface area (Å²) in [7, 11) is 0. The Morgan fingerprint density at radius 3 is 2.64 bits per heavy atom. The lowest BCUT2D eigenvalue weighted by Crippen LogP contribution is -2.45. The molecule has 82 valence electrons. The number of rotatable bonds is 4. The maximum Gasteiger partial charge on any atom is 0.0591 e. The summed E-state index contributed by atoms with van der Waals surface area (Å²) in [5.74, 6) is 7.18. The molecule has 1 aliphatic carbocycles. The topological polar surface area (TPSA) is 47.3 Å². The molecule has 2 rings (SSSR count). The molecule has 1 heterocycles. The lowest BCUT2D eigenvalue weighted by atomic mass is 9.77. The quantitative estimate of drug-likeness (QED) is 0.531. The zero-order chi connectivity index (χ0) is 9.97. The predicted octanol–water partition coefficient (Wildman–Crippen LogP) is 1.43. The molecule has 0 spiro atoms. The molecular weight excluding hydrogens is 176 g/mol. The van der Waals surface area contributed by atoms with Gasteiger partial charge in [-0.2, -0.15) is 0 Å². The molecule has 0 amide bonds. The van der Waals surface area contributed by atoms with Crippen molar-refractivity contribution in [2.24, 2.45) is 17.7 Å². The molecule has 1 saturated carbocycles. The van der Waals surface area contributed by atoms with Crippen LogP contribution in [-0.2, 0) is 4.74 Å². The highest BCUT2D eigenvalue weighted by Gasteiger charge is 2.33. The lowest BCUT2D eigenvalue weighted by molar-refractivity contribution is 0.0887. The number of nitrogens with two attached hydrogens (primary N) is 1. The van der Waals surface area contributed by atoms with E-state index in [9.17, 15) is 0 Å². The van der Waals surface area contributed by atoms with E-state index in [1.165, 1.54) is 32.1 Å². The smallest absolute Gasteiger partial charge is 0.0591 e. The van der Waals surface area contributed by atoms with Crippen LogP contribution in [0.4, 0.5) is 0 Å². The van der Waals surface area contributed by atoms with Gasteiger partial charge in [0.25, 0.3) is 0 Å². The fourth-order valence-electron chi connectivity index (χ4n) is 2.73. The molecule has 3 heteroatoms. The van der Waals surface area contributed by atoms with Crippen LogP contribution in [0.25, 0.3) is 0 Å². The molecule has 0 aromatic carbocycles. The molecule has 2 fully saturated rings. The number of ether oxygens (including phenoxy) is 1. The second-order valence-corrected chi connectivity index (χ2v) is 4.83. The van der Waals surface area contributed by atoms with E-state index in [-0.39, 0.29) is 0 Å². The first-order valence-corrected chi connectivity index (χ1v) is 5.89. The van der Waals surface area contributed by atoms with Gasteiger partial charge in [-0.3, -0.25) is 11.3 Å². The van der Waals surface area contributed by atoms with Crippen LogP contribution in [0.1, 0.15) is 39.0 Å². The van der Waals surface area contributed by atoms with Crippen LogP contribution in [0, 0.1) is 11.8 Å². The van der Waals surface area contributed by atoms with E-state index < -0.39 is 0 Å². The van der Waals surface area contributed by atoms with E-state index in [2.05, 4.69) is 12.3 Å². The van der Waals surface area contributed by atoms with E-state index >= 15 is 0 Å². The zero-order valence-corrected chi connectivity index (χ0v) is 9.04. The van der Waals surface area contributed by atoms with Crippen molar-refractivity contribution in [2.75, 3.05) is 6.61 Å². The zero-order valence-electron chi connectivity index (χ0n) is 9.04. The van der Waals surface area contributed by atoms with Gasteiger partial charge in [0.2, 0.25) is 0 Å². The Balaban J connectivity index is 1.84. The summed E-state index contributed by atoms with van der Waals surface area (Å²) < 4.78 is 5.59. The minimum Gasteiger partial charge on any atom is -0.378 e. The Bertz CT molecular complexity index is 182. The molecule has 2 aliphatic rings. The first kappa shape index (κ1) is 10.4. The van der Waals surface area contributed by atoms with E-state index in [0.29, 0.717) is 18.1 Å². The fourth-order valence-corrected chi connectivity index (χ4v) is 2.73. The van der Waals surface area contributed by atoms with E-state index in [1.54, 1.807) is 0 Å². The van der Waals surface area contributed by atoms with Crippen LogP contribution in [0.2, 0.25) is 0 Å². The van der Waals surface area contributed by atoms with Crippen LogP contribution >= 0.6 is 0 Å². The van der Waals surface area contributed by atoms with Crippen molar-refractivity contribution < 1.29 is 4.74 Å². The van der Waals surface area contributed by atoms with Crippen LogP contribution in [0.3, 0.4) is 0 Å². The molecule has 0 aromatic heterocycles. The van der Waals surface area contributed by atoms with E-state index in [4.69, 9.17) is 10.6 Å². The SMILES string of the molecule is CC1OCCC1C(CC1CCC1)NN. The van der Waals surface area contributed by atoms with Crippen molar-refractivity contribution in [3.63, 3.8) is 0 Å². The lowest BCUT2D eigenvalue weighted by Gasteiger charge is -2.33. The van der Waals surface area contributed by atoms with Crippen molar-refractivity contribution in [3.05, 3.63) is 0 Å². The second kappa shape index (κ2) is 4.60. The first-order chi connectivity index (χ1) is 6.81. The molecule has 0 aromatic rings. The Labute approximate surface area is 86.4 Å². The van der Waals surface area contributed by atoms with Gasteiger partial charge in [-0.25, -0.2) is 0 Å². The molecular formula is C11H22N2O. The molecule has 0 radical (unpaired) electrons. The number of hydrazine groups is 1. The van der Waals surface area contributed by atoms with Gasteiger partial charge in [0, 0.05) is 18.6 Å². The number of nitrogens with one attached hydrogen (secondary N) is 1. The molecule has 1 saturated heterocycles. The van der Waals surface area contributed by atoms with Gasteiger partial charge >= 0.3 is 0 Å². The third-order valence-electron chi connectivity index (χ3n) is 3.98. The molecule has 0 bridgehead atoms. The summed E-state index contributed by atoms with van der Waals surface area (Å²) in [5.41, 5.74) is 2.99. The fraction of sp³-hybridized carbons (Fsp3) is 1.00. The molecule has 14 heavy (non-hydrogen) atoms. The van der Waals surface area contributed by atoms with Crippen molar-refractivity contribution in [1.82, 2.24) is 5.43 Å². The minimum atomic E-state index is 0.385. The summed E-state index contributed by atoms with van der Waals surface area (Å²) in [6, 6.07) is 0.470. The van der Waals surface area contributed by atoms with Crippen LogP contribution in [0.5, 0.6) is 0 Å². The second-order valence-electron chi connectivity index (χ2n) is 4.83. The third-order valence-corrected chi connectivity index (χ3v) is 3.98. The monoisotopic (exact) mass is 198 g/mol. The number of hydrogen-bond donors (Lipinski definition) is 2. The summed E-state index contributed by atoms with van der Waals surface area (Å²) >= 11 is 0. The first-order valence-electron chi connectivity index (χ1n) is 5.89. The van der Waals surface area contributed by atoms with Gasteiger partial charge < -0.3 is 4.74 Å². The molecule has 3 nitrogen and oxygen atoms in total. The highest BCUT2D eigenvalue weighted by molar-refractivity contribution is 4.86. The van der Waals surface area contributed by atoms with Gasteiger partial charge in [-0.05, 0) is 25.7 Å². The normalized spacial score (nSPS) is 35.6. The van der Waals surface area contributed by atoms with Gasteiger partial charge in [0.15, 0.2) is 0 Å². The van der Waals surface area contributed by atoms with Gasteiger partial charge in [0.1, 0.15) is 0 Å². The van der Waals surface area contributed by atoms with Crippen molar-refractivity contribution in [1.29, 1.82) is 0 Å². The Kier molecular flexibility index (Phi) is 3.42. The summed E-state index contributed by atoms with van der Waals surface area (Å²) in [6.45, 7) is 3.08. The van der Waals surface area contributed by atoms with Crippen LogP contribution in [0.15, 0.2) is 0 Å². The summed E-state index contributed by atoms with van der Waals surface area (Å²) in [6.07, 6.45) is 7.02. The van der Waals surface area contributed by atoms with E-state index in [1.807, 2.05) is 0 Å². The van der Waals surface area contributed by atoms with Crippen LogP contribution < -0.4 is 11.3 Å². The van der Waals surface area contributed by atoms with Crippen molar-refractivity contribution in [2.45, 2.75) is 51.2 Å². The molecule has 3 N–H and O–H groups in total. The van der Waals surface area contributed by atoms with Gasteiger partial charge in [0.05, 0.1) is 6.10 Å².